The summed E-state index contributed by atoms with van der Waals surface area (Å²) in [4.78, 5) is 14.4. The van der Waals surface area contributed by atoms with Crippen molar-refractivity contribution in [2.75, 3.05) is 37.5 Å². The highest BCUT2D eigenvalue weighted by atomic mass is 16.5. The molecule has 0 spiro atoms. The normalized spacial score (nSPS) is 10.4. The Morgan fingerprint density at radius 3 is 2.69 bits per heavy atom. The highest BCUT2D eigenvalue weighted by molar-refractivity contribution is 5.89. The first-order valence-electron chi connectivity index (χ1n) is 9.33. The first-order valence-corrected chi connectivity index (χ1v) is 9.33. The molecule has 1 heterocycles. The van der Waals surface area contributed by atoms with E-state index in [2.05, 4.69) is 43.2 Å². The number of para-hydroxylation sites is 1. The molecule has 0 unspecified atom stereocenters. The smallest absolute Gasteiger partial charge is 0.319 e. The van der Waals surface area contributed by atoms with E-state index in [0.29, 0.717) is 29.5 Å². The van der Waals surface area contributed by atoms with Gasteiger partial charge < -0.3 is 20.3 Å². The quantitative estimate of drug-likeness (QED) is 0.569. The molecule has 29 heavy (non-hydrogen) atoms. The molecule has 0 saturated heterocycles. The number of aryl methyl sites for hydroxylation is 1. The molecular weight excluding hydrogens is 370 g/mol. The summed E-state index contributed by atoms with van der Waals surface area (Å²) in [5.41, 5.74) is 2.42. The van der Waals surface area contributed by atoms with Crippen molar-refractivity contribution < 1.29 is 9.53 Å². The fraction of sp³-hybridized carbons (Fsp3) is 0.300. The van der Waals surface area contributed by atoms with Crippen LogP contribution in [0, 0.1) is 6.92 Å². The molecule has 0 aliphatic rings. The molecule has 0 aliphatic carbocycles. The van der Waals surface area contributed by atoms with Crippen molar-refractivity contribution in [3.63, 3.8) is 0 Å². The minimum Gasteiger partial charge on any atom is -0.494 e. The number of aromatic nitrogens is 4. The zero-order chi connectivity index (χ0) is 20.6. The van der Waals surface area contributed by atoms with Crippen molar-refractivity contribution in [3.8, 4) is 11.4 Å². The van der Waals surface area contributed by atoms with Crippen LogP contribution in [0.25, 0.3) is 5.69 Å². The van der Waals surface area contributed by atoms with Crippen LogP contribution in [-0.2, 0) is 0 Å². The molecule has 3 aromatic rings. The highest BCUT2D eigenvalue weighted by Gasteiger charge is 2.12. The van der Waals surface area contributed by atoms with E-state index in [-0.39, 0.29) is 6.03 Å². The van der Waals surface area contributed by atoms with Crippen molar-refractivity contribution in [1.29, 1.82) is 0 Å². The number of hydrogen-bond donors (Lipinski definition) is 2. The molecule has 2 aromatic carbocycles. The van der Waals surface area contributed by atoms with Gasteiger partial charge >= 0.3 is 6.03 Å². The molecule has 1 aromatic heterocycles. The number of hydrogen-bond acceptors (Lipinski definition) is 6. The Morgan fingerprint density at radius 2 is 2.00 bits per heavy atom. The van der Waals surface area contributed by atoms with Crippen LogP contribution < -0.4 is 20.3 Å². The van der Waals surface area contributed by atoms with Crippen LogP contribution in [0.1, 0.15) is 12.2 Å². The van der Waals surface area contributed by atoms with E-state index in [1.54, 1.807) is 36.9 Å². The van der Waals surface area contributed by atoms with Gasteiger partial charge in [0.25, 0.3) is 0 Å². The predicted molar refractivity (Wildman–Crippen MR) is 112 cm³/mol. The molecule has 3 rings (SSSR count). The summed E-state index contributed by atoms with van der Waals surface area (Å²) in [5.74, 6) is 1.22. The van der Waals surface area contributed by atoms with Crippen LogP contribution in [0.15, 0.2) is 48.5 Å². The molecule has 0 saturated carbocycles. The number of rotatable bonds is 8. The molecule has 0 fully saturated rings. The maximum Gasteiger partial charge on any atom is 0.319 e. The Balaban J connectivity index is 1.52. The van der Waals surface area contributed by atoms with E-state index in [9.17, 15) is 4.79 Å². The fourth-order valence-electron chi connectivity index (χ4n) is 2.89. The maximum absolute atomic E-state index is 12.2. The molecule has 152 valence electrons. The van der Waals surface area contributed by atoms with E-state index < -0.39 is 0 Å². The third-order valence-electron chi connectivity index (χ3n) is 4.44. The van der Waals surface area contributed by atoms with Crippen LogP contribution in [0.3, 0.4) is 0 Å². The molecule has 0 bridgehead atoms. The van der Waals surface area contributed by atoms with E-state index in [1.165, 1.54) is 0 Å². The van der Waals surface area contributed by atoms with Gasteiger partial charge in [0.05, 0.1) is 7.11 Å². The molecule has 9 heteroatoms. The van der Waals surface area contributed by atoms with Gasteiger partial charge in [0.1, 0.15) is 11.4 Å². The number of benzene rings is 2. The second-order valence-corrected chi connectivity index (χ2v) is 6.52. The Bertz CT molecular complexity index is 943. The lowest BCUT2D eigenvalue weighted by molar-refractivity contribution is 0.252. The number of tetrazole rings is 1. The van der Waals surface area contributed by atoms with E-state index in [0.717, 1.165) is 18.7 Å². The largest absolute Gasteiger partial charge is 0.494 e. The summed E-state index contributed by atoms with van der Waals surface area (Å²) in [7, 11) is 3.61. The average Bonchev–Trinajstić information content (AvgIpc) is 3.17. The summed E-state index contributed by atoms with van der Waals surface area (Å²) in [6.07, 6.45) is 0.830. The Hall–Kier alpha value is -3.62. The number of ether oxygens (including phenoxy) is 1. The first-order chi connectivity index (χ1) is 14.1. The van der Waals surface area contributed by atoms with Crippen LogP contribution in [0.2, 0.25) is 0 Å². The van der Waals surface area contributed by atoms with Gasteiger partial charge in [-0.25, -0.2) is 4.79 Å². The number of nitrogens with zero attached hydrogens (tertiary/aromatic N) is 5. The predicted octanol–water partition coefficient (Wildman–Crippen LogP) is 2.63. The minimum absolute atomic E-state index is 0.267. The molecule has 9 nitrogen and oxygen atoms in total. The first kappa shape index (κ1) is 20.1. The summed E-state index contributed by atoms with van der Waals surface area (Å²) >= 11 is 0. The standard InChI is InChI=1S/C20H25N7O2/c1-15-23-24-25-27(15)18-14-16(10-11-19(18)29-3)22-20(28)21-12-7-13-26(2)17-8-5-4-6-9-17/h4-6,8-11,14H,7,12-13H2,1-3H3,(H2,21,22,28). The number of anilines is 2. The number of carbonyl (C=O) groups is 1. The lowest BCUT2D eigenvalue weighted by Crippen LogP contribution is -2.31. The zero-order valence-electron chi connectivity index (χ0n) is 16.8. The van der Waals surface area contributed by atoms with Crippen LogP contribution in [0.5, 0.6) is 5.75 Å². The van der Waals surface area contributed by atoms with Crippen molar-refractivity contribution in [1.82, 2.24) is 25.5 Å². The van der Waals surface area contributed by atoms with Crippen LogP contribution in [0.4, 0.5) is 16.2 Å². The van der Waals surface area contributed by atoms with E-state index in [1.807, 2.05) is 25.2 Å². The molecule has 2 amide bonds. The van der Waals surface area contributed by atoms with Crippen molar-refractivity contribution in [2.24, 2.45) is 0 Å². The Kier molecular flexibility index (Phi) is 6.62. The molecule has 0 radical (unpaired) electrons. The Morgan fingerprint density at radius 1 is 1.21 bits per heavy atom. The SMILES string of the molecule is COc1ccc(NC(=O)NCCCN(C)c2ccccc2)cc1-n1nnnc1C. The molecule has 0 aliphatic heterocycles. The average molecular weight is 395 g/mol. The summed E-state index contributed by atoms with van der Waals surface area (Å²) in [6.45, 7) is 3.20. The van der Waals surface area contributed by atoms with Crippen molar-refractivity contribution in [3.05, 3.63) is 54.4 Å². The van der Waals surface area contributed by atoms with Gasteiger partial charge in [0.15, 0.2) is 5.82 Å². The van der Waals surface area contributed by atoms with E-state index in [4.69, 9.17) is 4.74 Å². The second-order valence-electron chi connectivity index (χ2n) is 6.52. The Labute approximate surface area is 169 Å². The van der Waals surface area contributed by atoms with Crippen LogP contribution >= 0.6 is 0 Å². The third kappa shape index (κ3) is 5.22. The monoisotopic (exact) mass is 395 g/mol. The minimum atomic E-state index is -0.267. The molecule has 0 atom stereocenters. The second kappa shape index (κ2) is 9.54. The number of methoxy groups -OCH3 is 1. The van der Waals surface area contributed by atoms with Gasteiger partial charge in [-0.2, -0.15) is 4.68 Å². The molecule has 2 N–H and O–H groups in total. The number of carbonyl (C=O) groups excluding carboxylic acids is 1. The number of urea groups is 1. The van der Waals surface area contributed by atoms with Gasteiger partial charge in [-0.3, -0.25) is 0 Å². The van der Waals surface area contributed by atoms with Gasteiger partial charge in [-0.1, -0.05) is 18.2 Å². The summed E-state index contributed by atoms with van der Waals surface area (Å²) < 4.78 is 6.93. The maximum atomic E-state index is 12.2. The fourth-order valence-corrected chi connectivity index (χ4v) is 2.89. The number of amides is 2. The van der Waals surface area contributed by atoms with Crippen molar-refractivity contribution >= 4 is 17.4 Å². The lowest BCUT2D eigenvalue weighted by atomic mass is 10.2. The van der Waals surface area contributed by atoms with E-state index >= 15 is 0 Å². The third-order valence-corrected chi connectivity index (χ3v) is 4.44. The van der Waals surface area contributed by atoms with Crippen LogP contribution in [-0.4, -0.2) is 53.5 Å². The summed E-state index contributed by atoms with van der Waals surface area (Å²) in [5, 5.41) is 17.2. The van der Waals surface area contributed by atoms with Gasteiger partial charge in [0.2, 0.25) is 0 Å². The lowest BCUT2D eigenvalue weighted by Gasteiger charge is -2.19. The topological polar surface area (TPSA) is 97.2 Å². The van der Waals surface area contributed by atoms with Gasteiger partial charge in [-0.05, 0) is 54.1 Å². The van der Waals surface area contributed by atoms with Crippen molar-refractivity contribution in [2.45, 2.75) is 13.3 Å². The molecular formula is C20H25N7O2. The van der Waals surface area contributed by atoms with Gasteiger partial charge in [-0.15, -0.1) is 5.10 Å². The number of nitrogens with one attached hydrogen (secondary N) is 2. The highest BCUT2D eigenvalue weighted by Crippen LogP contribution is 2.26. The zero-order valence-corrected chi connectivity index (χ0v) is 16.8. The van der Waals surface area contributed by atoms with Gasteiger partial charge in [0, 0.05) is 31.5 Å². The summed E-state index contributed by atoms with van der Waals surface area (Å²) in [6, 6.07) is 15.2.